The van der Waals surface area contributed by atoms with Gasteiger partial charge in [-0.15, -0.1) is 15.3 Å². The van der Waals surface area contributed by atoms with Gasteiger partial charge in [0, 0.05) is 0 Å². The molecule has 0 amide bonds. The molecule has 4 rings (SSSR count). The molecule has 288 valence electrons. The molecule has 28 heteroatoms. The van der Waals surface area contributed by atoms with Crippen LogP contribution in [-0.2, 0) is 54.8 Å². The second kappa shape index (κ2) is 15.7. The molecule has 0 aliphatic rings. The number of rotatable bonds is 14. The van der Waals surface area contributed by atoms with Gasteiger partial charge in [-0.25, -0.2) is 12.6 Å². The predicted molar refractivity (Wildman–Crippen MR) is 186 cm³/mol. The van der Waals surface area contributed by atoms with E-state index in [0.29, 0.717) is 0 Å². The SMILES string of the molecule is Nc1c(N=Nc2ccc(S(=O)(=O)CCOS(=O)(=O)O)cc2)cc(S(=O)(=O)O)c(N)c1N=Nc1ccc(N=Nc2ccc(S(=O)(=O)O)cc2)cc1S(=O)(=O)O. The maximum absolute atomic E-state index is 12.4. The summed E-state index contributed by atoms with van der Waals surface area (Å²) in [6.45, 7) is -0.871. The first kappa shape index (κ1) is 41.6. The van der Waals surface area contributed by atoms with Crippen LogP contribution in [0.4, 0.5) is 45.5 Å². The van der Waals surface area contributed by atoms with Crippen LogP contribution in [0.2, 0.25) is 0 Å². The summed E-state index contributed by atoms with van der Waals surface area (Å²) in [5, 5.41) is 22.7. The molecule has 4 aromatic rings. The summed E-state index contributed by atoms with van der Waals surface area (Å²) >= 11 is 0. The van der Waals surface area contributed by atoms with E-state index >= 15 is 0 Å². The van der Waals surface area contributed by atoms with E-state index in [1.807, 2.05) is 0 Å². The van der Waals surface area contributed by atoms with Crippen LogP contribution in [-0.4, -0.2) is 72.7 Å². The molecule has 0 aliphatic carbocycles. The summed E-state index contributed by atoms with van der Waals surface area (Å²) in [5.74, 6) is -0.814. The molecular weight excluding hydrogens is 825 g/mol. The Morgan fingerprint density at radius 3 is 1.50 bits per heavy atom. The van der Waals surface area contributed by atoms with Gasteiger partial charge in [-0.05, 0) is 72.8 Å². The highest BCUT2D eigenvalue weighted by molar-refractivity contribution is 7.91. The number of benzene rings is 4. The van der Waals surface area contributed by atoms with Gasteiger partial charge in [-0.2, -0.15) is 49.0 Å². The fourth-order valence-electron chi connectivity index (χ4n) is 4.02. The van der Waals surface area contributed by atoms with Crippen molar-refractivity contribution in [1.82, 2.24) is 0 Å². The Hall–Kier alpha value is -5.17. The average Bonchev–Trinajstić information content (AvgIpc) is 3.05. The van der Waals surface area contributed by atoms with E-state index < -0.39 is 106 Å². The number of hydrogen-bond donors (Lipinski definition) is 6. The average molecular weight is 849 g/mol. The van der Waals surface area contributed by atoms with E-state index in [2.05, 4.69) is 34.9 Å². The zero-order valence-electron chi connectivity index (χ0n) is 26.5. The van der Waals surface area contributed by atoms with Crippen molar-refractivity contribution in [3.05, 3.63) is 72.8 Å². The second-order valence-electron chi connectivity index (χ2n) is 10.3. The number of nitrogens with two attached hydrogens (primary N) is 2. The Morgan fingerprint density at radius 1 is 0.500 bits per heavy atom. The summed E-state index contributed by atoms with van der Waals surface area (Å²) in [7, 11) is -23.6. The highest BCUT2D eigenvalue weighted by atomic mass is 32.3. The second-order valence-corrected chi connectivity index (χ2v) is 17.7. The first-order valence-corrected chi connectivity index (χ1v) is 21.3. The molecule has 0 aliphatic heterocycles. The smallest absolute Gasteiger partial charge is 0.396 e. The van der Waals surface area contributed by atoms with E-state index in [1.54, 1.807) is 0 Å². The van der Waals surface area contributed by atoms with Crippen LogP contribution in [0.1, 0.15) is 0 Å². The predicted octanol–water partition coefficient (Wildman–Crippen LogP) is 4.43. The van der Waals surface area contributed by atoms with Crippen molar-refractivity contribution < 1.29 is 64.5 Å². The Balaban J connectivity index is 1.67. The Bertz CT molecular complexity index is 2760. The molecular formula is C26H24N8O15S5. The van der Waals surface area contributed by atoms with Gasteiger partial charge in [-0.3, -0.25) is 18.2 Å². The van der Waals surface area contributed by atoms with Crippen LogP contribution >= 0.6 is 0 Å². The van der Waals surface area contributed by atoms with Crippen LogP contribution in [0.15, 0.2) is 123 Å². The van der Waals surface area contributed by atoms with E-state index in [4.69, 9.17) is 20.6 Å². The summed E-state index contributed by atoms with van der Waals surface area (Å²) in [6.07, 6.45) is 0. The fraction of sp³-hybridized carbons (Fsp3) is 0.0769. The lowest BCUT2D eigenvalue weighted by Crippen LogP contribution is -2.15. The number of anilines is 2. The molecule has 23 nitrogen and oxygen atoms in total. The quantitative estimate of drug-likeness (QED) is 0.0580. The standard InChI is InChI=1S/C26H24N8O15S5/c27-24-21(33-30-16-1-6-18(7-2-16)50(35,36)12-11-49-54(46,47)48)14-23(53(43,44)45)25(28)26(24)34-32-20-10-5-17(13-22(20)52(40,41)42)31-29-15-3-8-19(9-4-15)51(37,38)39/h1-10,13-14H,11-12,27-28H2,(H,37,38,39)(H,40,41,42)(H,43,44,45)(H,46,47,48). The fourth-order valence-corrected chi connectivity index (χ4v) is 7.27. The molecule has 0 radical (unpaired) electrons. The zero-order chi connectivity index (χ0) is 40.3. The Labute approximate surface area is 306 Å². The zero-order valence-corrected chi connectivity index (χ0v) is 30.6. The molecule has 54 heavy (non-hydrogen) atoms. The van der Waals surface area contributed by atoms with Crippen molar-refractivity contribution in [2.45, 2.75) is 19.6 Å². The third kappa shape index (κ3) is 10.9. The third-order valence-corrected chi connectivity index (χ3v) is 11.3. The third-order valence-electron chi connectivity index (χ3n) is 6.55. The van der Waals surface area contributed by atoms with Crippen molar-refractivity contribution in [3.63, 3.8) is 0 Å². The lowest BCUT2D eigenvalue weighted by Gasteiger charge is -2.10. The first-order chi connectivity index (χ1) is 24.8. The van der Waals surface area contributed by atoms with Crippen molar-refractivity contribution in [3.8, 4) is 0 Å². The van der Waals surface area contributed by atoms with Crippen LogP contribution in [0, 0.1) is 0 Å². The summed E-state index contributed by atoms with van der Waals surface area (Å²) in [5.41, 5.74) is 8.98. The van der Waals surface area contributed by atoms with Gasteiger partial charge >= 0.3 is 10.4 Å². The molecule has 4 aromatic carbocycles. The summed E-state index contributed by atoms with van der Waals surface area (Å²) in [6, 6.07) is 12.6. The number of nitrogen functional groups attached to an aromatic ring is 2. The lowest BCUT2D eigenvalue weighted by atomic mass is 10.2. The molecule has 0 saturated heterocycles. The minimum Gasteiger partial charge on any atom is -0.396 e. The normalized spacial score (nSPS) is 13.3. The van der Waals surface area contributed by atoms with Gasteiger partial charge in [0.05, 0.1) is 50.6 Å². The number of azo groups is 3. The van der Waals surface area contributed by atoms with Gasteiger partial charge < -0.3 is 11.5 Å². The number of sulfone groups is 1. The molecule has 0 atom stereocenters. The van der Waals surface area contributed by atoms with Crippen LogP contribution in [0.3, 0.4) is 0 Å². The molecule has 0 aromatic heterocycles. The largest absolute Gasteiger partial charge is 0.397 e. The first-order valence-electron chi connectivity index (χ1n) is 13.9. The monoisotopic (exact) mass is 848 g/mol. The van der Waals surface area contributed by atoms with E-state index in [1.165, 1.54) is 18.2 Å². The van der Waals surface area contributed by atoms with Gasteiger partial charge in [0.15, 0.2) is 9.84 Å². The van der Waals surface area contributed by atoms with Crippen LogP contribution < -0.4 is 11.5 Å². The van der Waals surface area contributed by atoms with Gasteiger partial charge in [-0.1, -0.05) is 0 Å². The molecule has 0 saturated carbocycles. The molecule has 0 fully saturated rings. The molecule has 8 N–H and O–H groups in total. The lowest BCUT2D eigenvalue weighted by molar-refractivity contribution is 0.284. The van der Waals surface area contributed by atoms with Crippen molar-refractivity contribution in [1.29, 1.82) is 0 Å². The number of hydrogen-bond acceptors (Lipinski definition) is 19. The minimum atomic E-state index is -5.09. The highest BCUT2D eigenvalue weighted by Gasteiger charge is 2.24. The Morgan fingerprint density at radius 2 is 0.981 bits per heavy atom. The van der Waals surface area contributed by atoms with E-state index in [9.17, 15) is 51.2 Å². The summed E-state index contributed by atoms with van der Waals surface area (Å²) in [4.78, 5) is -2.55. The van der Waals surface area contributed by atoms with Crippen molar-refractivity contribution >= 4 is 96.1 Å². The maximum atomic E-state index is 12.4. The topological polar surface area (TPSA) is 387 Å². The molecule has 0 heterocycles. The summed E-state index contributed by atoms with van der Waals surface area (Å²) < 4.78 is 159. The minimum absolute atomic E-state index is 0.0268. The van der Waals surface area contributed by atoms with E-state index in [-0.39, 0.29) is 22.0 Å². The van der Waals surface area contributed by atoms with Gasteiger partial charge in [0.1, 0.15) is 26.9 Å². The molecule has 0 unspecified atom stereocenters. The van der Waals surface area contributed by atoms with Gasteiger partial charge in [0.2, 0.25) is 0 Å². The number of nitrogens with zero attached hydrogens (tertiary/aromatic N) is 6. The molecule has 0 spiro atoms. The van der Waals surface area contributed by atoms with E-state index in [0.717, 1.165) is 54.6 Å². The Kier molecular flexibility index (Phi) is 12.1. The van der Waals surface area contributed by atoms with Crippen LogP contribution in [0.5, 0.6) is 0 Å². The highest BCUT2D eigenvalue weighted by Crippen LogP contribution is 2.43. The molecule has 0 bridgehead atoms. The van der Waals surface area contributed by atoms with Crippen molar-refractivity contribution in [2.24, 2.45) is 30.7 Å². The maximum Gasteiger partial charge on any atom is 0.397 e. The van der Waals surface area contributed by atoms with Crippen molar-refractivity contribution in [2.75, 3.05) is 23.8 Å². The van der Waals surface area contributed by atoms with Crippen LogP contribution in [0.25, 0.3) is 0 Å². The van der Waals surface area contributed by atoms with Gasteiger partial charge in [0.25, 0.3) is 30.4 Å².